The molecule has 0 N–H and O–H groups in total. The van der Waals surface area contributed by atoms with Gasteiger partial charge in [0.15, 0.2) is 11.5 Å². The first-order chi connectivity index (χ1) is 6.97. The van der Waals surface area contributed by atoms with Crippen molar-refractivity contribution in [1.29, 1.82) is 0 Å². The second-order valence-corrected chi connectivity index (χ2v) is 3.00. The van der Waals surface area contributed by atoms with E-state index in [2.05, 4.69) is 4.98 Å². The summed E-state index contributed by atoms with van der Waals surface area (Å²) in [5.74, 6) is -0.231. The van der Waals surface area contributed by atoms with E-state index < -0.39 is 10.7 Å². The Morgan fingerprint density at radius 3 is 2.60 bits per heavy atom. The molecule has 6 nitrogen and oxygen atoms in total. The van der Waals surface area contributed by atoms with Gasteiger partial charge in [-0.3, -0.25) is 14.9 Å². The molecule has 0 atom stereocenters. The van der Waals surface area contributed by atoms with Gasteiger partial charge in [0.25, 0.3) is 5.69 Å². The van der Waals surface area contributed by atoms with Crippen LogP contribution in [0.3, 0.4) is 0 Å². The number of hydrogen-bond acceptors (Lipinski definition) is 5. The monoisotopic (exact) mass is 210 g/mol. The number of rotatable bonds is 3. The molecule has 1 aromatic heterocycles. The molecule has 6 heteroatoms. The molecule has 0 aliphatic carbocycles. The van der Waals surface area contributed by atoms with Crippen LogP contribution in [0.25, 0.3) is 0 Å². The molecule has 0 aromatic carbocycles. The molecule has 80 valence electrons. The molecule has 1 rings (SSSR count). The number of ketones is 1. The van der Waals surface area contributed by atoms with Crippen molar-refractivity contribution < 1.29 is 14.5 Å². The topological polar surface area (TPSA) is 82.3 Å². The fourth-order valence-corrected chi connectivity index (χ4v) is 1.19. The van der Waals surface area contributed by atoms with Crippen LogP contribution in [0.2, 0.25) is 0 Å². The Bertz CT molecular complexity index is 428. The Labute approximate surface area is 86.0 Å². The van der Waals surface area contributed by atoms with Crippen LogP contribution in [0.1, 0.15) is 23.0 Å². The van der Waals surface area contributed by atoms with Crippen molar-refractivity contribution in [3.05, 3.63) is 27.4 Å². The van der Waals surface area contributed by atoms with E-state index in [9.17, 15) is 14.9 Å². The molecule has 0 amide bonds. The molecular formula is C9H10N2O4. The fraction of sp³-hybridized carbons (Fsp3) is 0.333. The van der Waals surface area contributed by atoms with Crippen molar-refractivity contribution in [2.24, 2.45) is 0 Å². The average Bonchev–Trinajstić information content (AvgIpc) is 2.16. The number of hydrogen-bond donors (Lipinski definition) is 0. The number of aryl methyl sites for hydroxylation is 1. The molecule has 0 saturated heterocycles. The van der Waals surface area contributed by atoms with Gasteiger partial charge in [0.1, 0.15) is 0 Å². The smallest absolute Gasteiger partial charge is 0.299 e. The first-order valence-corrected chi connectivity index (χ1v) is 4.18. The van der Waals surface area contributed by atoms with Crippen molar-refractivity contribution in [3.63, 3.8) is 0 Å². The van der Waals surface area contributed by atoms with Gasteiger partial charge in [0.2, 0.25) is 5.88 Å². The fourth-order valence-electron chi connectivity index (χ4n) is 1.19. The third-order valence-electron chi connectivity index (χ3n) is 1.87. The van der Waals surface area contributed by atoms with Gasteiger partial charge >= 0.3 is 0 Å². The highest BCUT2D eigenvalue weighted by Crippen LogP contribution is 2.24. The van der Waals surface area contributed by atoms with Crippen LogP contribution in [0.4, 0.5) is 5.69 Å². The Balaban J connectivity index is 3.45. The summed E-state index contributed by atoms with van der Waals surface area (Å²) in [5, 5.41) is 10.7. The Hall–Kier alpha value is -1.98. The zero-order valence-electron chi connectivity index (χ0n) is 8.60. The van der Waals surface area contributed by atoms with Crippen LogP contribution in [0.15, 0.2) is 6.07 Å². The van der Waals surface area contributed by atoms with E-state index in [0.717, 1.165) is 0 Å². The summed E-state index contributed by atoms with van der Waals surface area (Å²) in [6, 6.07) is 1.28. The van der Waals surface area contributed by atoms with Crippen LogP contribution < -0.4 is 4.74 Å². The maximum atomic E-state index is 11.1. The van der Waals surface area contributed by atoms with Crippen LogP contribution in [-0.2, 0) is 0 Å². The van der Waals surface area contributed by atoms with Gasteiger partial charge in [-0.15, -0.1) is 0 Å². The van der Waals surface area contributed by atoms with Crippen molar-refractivity contribution in [2.75, 3.05) is 7.11 Å². The summed E-state index contributed by atoms with van der Waals surface area (Å²) >= 11 is 0. The third kappa shape index (κ3) is 2.09. The van der Waals surface area contributed by atoms with Gasteiger partial charge in [-0.05, 0) is 6.92 Å². The summed E-state index contributed by atoms with van der Waals surface area (Å²) in [5.41, 5.74) is 0.0532. The Morgan fingerprint density at radius 1 is 1.60 bits per heavy atom. The molecule has 0 radical (unpaired) electrons. The highest BCUT2D eigenvalue weighted by molar-refractivity contribution is 5.96. The second-order valence-electron chi connectivity index (χ2n) is 3.00. The van der Waals surface area contributed by atoms with Crippen LogP contribution in [0, 0.1) is 17.0 Å². The van der Waals surface area contributed by atoms with Gasteiger partial charge in [-0.25, -0.2) is 4.98 Å². The number of carbonyl (C=O) groups is 1. The quantitative estimate of drug-likeness (QED) is 0.429. The largest absolute Gasteiger partial charge is 0.481 e. The van der Waals surface area contributed by atoms with Crippen LogP contribution >= 0.6 is 0 Å². The van der Waals surface area contributed by atoms with Gasteiger partial charge in [0.05, 0.1) is 12.0 Å². The van der Waals surface area contributed by atoms with Crippen LogP contribution in [0.5, 0.6) is 5.88 Å². The van der Waals surface area contributed by atoms with Crippen molar-refractivity contribution >= 4 is 11.5 Å². The second kappa shape index (κ2) is 4.04. The summed E-state index contributed by atoms with van der Waals surface area (Å²) in [6.45, 7) is 2.85. The molecule has 0 saturated carbocycles. The van der Waals surface area contributed by atoms with E-state index in [0.29, 0.717) is 5.56 Å². The highest BCUT2D eigenvalue weighted by Gasteiger charge is 2.21. The minimum absolute atomic E-state index is 0.178. The number of nitro groups is 1. The molecule has 1 aromatic rings. The SMILES string of the molecule is COc1nc(C(C)=O)c([N+](=O)[O-])cc1C. The summed E-state index contributed by atoms with van der Waals surface area (Å²) in [4.78, 5) is 24.9. The standard InChI is InChI=1S/C9H10N2O4/c1-5-4-7(11(13)14)8(6(2)12)10-9(5)15-3/h4H,1-3H3. The van der Waals surface area contributed by atoms with E-state index in [-0.39, 0.29) is 17.3 Å². The average molecular weight is 210 g/mol. The number of methoxy groups -OCH3 is 1. The third-order valence-corrected chi connectivity index (χ3v) is 1.87. The number of nitrogens with zero attached hydrogens (tertiary/aromatic N) is 2. The lowest BCUT2D eigenvalue weighted by atomic mass is 10.2. The molecular weight excluding hydrogens is 200 g/mol. The number of ether oxygens (including phenoxy) is 1. The lowest BCUT2D eigenvalue weighted by Crippen LogP contribution is -2.06. The van der Waals surface area contributed by atoms with Crippen molar-refractivity contribution in [3.8, 4) is 5.88 Å². The van der Waals surface area contributed by atoms with E-state index in [1.165, 1.54) is 20.1 Å². The molecule has 15 heavy (non-hydrogen) atoms. The highest BCUT2D eigenvalue weighted by atomic mass is 16.6. The van der Waals surface area contributed by atoms with E-state index >= 15 is 0 Å². The maximum absolute atomic E-state index is 11.1. The van der Waals surface area contributed by atoms with E-state index in [4.69, 9.17) is 4.74 Å². The first-order valence-electron chi connectivity index (χ1n) is 4.18. The molecule has 1 heterocycles. The summed E-state index contributed by atoms with van der Waals surface area (Å²) in [7, 11) is 1.39. The van der Waals surface area contributed by atoms with E-state index in [1.807, 2.05) is 0 Å². The lowest BCUT2D eigenvalue weighted by molar-refractivity contribution is -0.385. The molecule has 0 aliphatic rings. The van der Waals surface area contributed by atoms with Crippen molar-refractivity contribution in [1.82, 2.24) is 4.98 Å². The van der Waals surface area contributed by atoms with Gasteiger partial charge in [-0.2, -0.15) is 0 Å². The zero-order valence-corrected chi connectivity index (χ0v) is 8.60. The Morgan fingerprint density at radius 2 is 2.20 bits per heavy atom. The Kier molecular flexibility index (Phi) is 2.99. The first kappa shape index (κ1) is 11.1. The number of aromatic nitrogens is 1. The zero-order chi connectivity index (χ0) is 11.6. The minimum Gasteiger partial charge on any atom is -0.481 e. The normalized spacial score (nSPS) is 9.80. The molecule has 0 unspecified atom stereocenters. The summed E-state index contributed by atoms with van der Waals surface area (Å²) < 4.78 is 4.88. The predicted octanol–water partition coefficient (Wildman–Crippen LogP) is 1.51. The van der Waals surface area contributed by atoms with Gasteiger partial charge in [-0.1, -0.05) is 0 Å². The minimum atomic E-state index is -0.629. The maximum Gasteiger partial charge on any atom is 0.299 e. The number of Topliss-reactive ketones (excluding diaryl/α,β-unsaturated/α-hetero) is 1. The summed E-state index contributed by atoms with van der Waals surface area (Å²) in [6.07, 6.45) is 0. The predicted molar refractivity (Wildman–Crippen MR) is 52.2 cm³/mol. The van der Waals surface area contributed by atoms with Crippen LogP contribution in [-0.4, -0.2) is 22.8 Å². The van der Waals surface area contributed by atoms with Gasteiger partial charge in [0, 0.05) is 18.6 Å². The van der Waals surface area contributed by atoms with E-state index in [1.54, 1.807) is 6.92 Å². The molecule has 0 spiro atoms. The molecule has 0 fully saturated rings. The molecule has 0 aliphatic heterocycles. The number of pyridine rings is 1. The van der Waals surface area contributed by atoms with Gasteiger partial charge < -0.3 is 4.74 Å². The molecule has 0 bridgehead atoms. The number of carbonyl (C=O) groups excluding carboxylic acids is 1. The van der Waals surface area contributed by atoms with Crippen molar-refractivity contribution in [2.45, 2.75) is 13.8 Å². The lowest BCUT2D eigenvalue weighted by Gasteiger charge is -2.05.